The molecule has 1 aromatic carbocycles. The van der Waals surface area contributed by atoms with Crippen LogP contribution in [-0.2, 0) is 10.2 Å². The predicted octanol–water partition coefficient (Wildman–Crippen LogP) is 2.96. The number of carboxylic acids is 1. The van der Waals surface area contributed by atoms with Crippen LogP contribution in [0.2, 0.25) is 0 Å². The topological polar surface area (TPSA) is 37.3 Å². The van der Waals surface area contributed by atoms with Crippen molar-refractivity contribution in [3.8, 4) is 0 Å². The Morgan fingerprint density at radius 2 is 2.14 bits per heavy atom. The number of benzene rings is 1. The third kappa shape index (κ3) is 1.36. The molecular formula is C11H11BrO2. The summed E-state index contributed by atoms with van der Waals surface area (Å²) >= 11 is 3.36. The third-order valence-corrected chi connectivity index (χ3v) is 3.49. The summed E-state index contributed by atoms with van der Waals surface area (Å²) in [5.41, 5.74) is 0.315. The highest BCUT2D eigenvalue weighted by molar-refractivity contribution is 9.10. The van der Waals surface area contributed by atoms with Gasteiger partial charge in [0.2, 0.25) is 0 Å². The highest BCUT2D eigenvalue weighted by atomic mass is 79.9. The fourth-order valence-electron chi connectivity index (χ4n) is 1.94. The second-order valence-corrected chi connectivity index (χ2v) is 4.67. The average molecular weight is 255 g/mol. The SMILES string of the molecule is O=C(O)C1(c2cccc(Br)c2)CCC1. The van der Waals surface area contributed by atoms with Crippen LogP contribution in [0.4, 0.5) is 0 Å². The van der Waals surface area contributed by atoms with Crippen molar-refractivity contribution in [1.29, 1.82) is 0 Å². The first-order valence-electron chi connectivity index (χ1n) is 4.65. The number of hydrogen-bond donors (Lipinski definition) is 1. The molecule has 0 aliphatic heterocycles. The van der Waals surface area contributed by atoms with E-state index in [9.17, 15) is 9.90 Å². The molecule has 2 rings (SSSR count). The van der Waals surface area contributed by atoms with Gasteiger partial charge in [-0.25, -0.2) is 0 Å². The normalized spacial score (nSPS) is 18.6. The van der Waals surface area contributed by atoms with Crippen molar-refractivity contribution in [2.45, 2.75) is 24.7 Å². The Kier molecular flexibility index (Phi) is 2.35. The zero-order valence-corrected chi connectivity index (χ0v) is 9.25. The van der Waals surface area contributed by atoms with Crippen molar-refractivity contribution >= 4 is 21.9 Å². The van der Waals surface area contributed by atoms with Crippen LogP contribution >= 0.6 is 15.9 Å². The predicted molar refractivity (Wildman–Crippen MR) is 57.3 cm³/mol. The van der Waals surface area contributed by atoms with Crippen LogP contribution in [0.5, 0.6) is 0 Å². The van der Waals surface area contributed by atoms with Gasteiger partial charge < -0.3 is 5.11 Å². The van der Waals surface area contributed by atoms with E-state index in [1.807, 2.05) is 24.3 Å². The number of rotatable bonds is 2. The van der Waals surface area contributed by atoms with Crippen LogP contribution < -0.4 is 0 Å². The Morgan fingerprint density at radius 3 is 2.57 bits per heavy atom. The fraction of sp³-hybridized carbons (Fsp3) is 0.364. The van der Waals surface area contributed by atoms with Gasteiger partial charge in [-0.05, 0) is 30.5 Å². The molecule has 0 atom stereocenters. The van der Waals surface area contributed by atoms with Crippen LogP contribution in [0.15, 0.2) is 28.7 Å². The molecular weight excluding hydrogens is 244 g/mol. The van der Waals surface area contributed by atoms with Crippen molar-refractivity contribution < 1.29 is 9.90 Å². The van der Waals surface area contributed by atoms with Crippen LogP contribution in [0, 0.1) is 0 Å². The molecule has 0 amide bonds. The Hall–Kier alpha value is -0.830. The molecule has 1 aliphatic carbocycles. The number of halogens is 1. The van der Waals surface area contributed by atoms with Crippen molar-refractivity contribution in [2.75, 3.05) is 0 Å². The molecule has 74 valence electrons. The van der Waals surface area contributed by atoms with E-state index in [-0.39, 0.29) is 0 Å². The highest BCUT2D eigenvalue weighted by Gasteiger charge is 2.45. The Morgan fingerprint density at radius 1 is 1.43 bits per heavy atom. The van der Waals surface area contributed by atoms with Crippen molar-refractivity contribution in [1.82, 2.24) is 0 Å². The summed E-state index contributed by atoms with van der Waals surface area (Å²) in [7, 11) is 0. The molecule has 3 heteroatoms. The number of carbonyl (C=O) groups is 1. The summed E-state index contributed by atoms with van der Waals surface area (Å²) in [6, 6.07) is 7.62. The number of carboxylic acid groups (broad SMARTS) is 1. The molecule has 1 fully saturated rings. The maximum Gasteiger partial charge on any atom is 0.314 e. The summed E-state index contributed by atoms with van der Waals surface area (Å²) in [6.07, 6.45) is 2.54. The van der Waals surface area contributed by atoms with Gasteiger partial charge in [-0.1, -0.05) is 34.5 Å². The Bertz CT molecular complexity index is 369. The van der Waals surface area contributed by atoms with Gasteiger partial charge in [0, 0.05) is 4.47 Å². The van der Waals surface area contributed by atoms with Gasteiger partial charge >= 0.3 is 5.97 Å². The number of hydrogen-bond acceptors (Lipinski definition) is 1. The van der Waals surface area contributed by atoms with Gasteiger partial charge in [0.25, 0.3) is 0 Å². The zero-order valence-electron chi connectivity index (χ0n) is 7.66. The molecule has 0 unspecified atom stereocenters. The van der Waals surface area contributed by atoms with Crippen LogP contribution in [0.25, 0.3) is 0 Å². The van der Waals surface area contributed by atoms with Crippen molar-refractivity contribution in [2.24, 2.45) is 0 Å². The van der Waals surface area contributed by atoms with Gasteiger partial charge in [0.15, 0.2) is 0 Å². The summed E-state index contributed by atoms with van der Waals surface area (Å²) in [5, 5.41) is 9.21. The quantitative estimate of drug-likeness (QED) is 0.882. The second-order valence-electron chi connectivity index (χ2n) is 3.75. The van der Waals surface area contributed by atoms with Crippen LogP contribution in [0.1, 0.15) is 24.8 Å². The van der Waals surface area contributed by atoms with Gasteiger partial charge in [0.05, 0.1) is 5.41 Å². The van der Waals surface area contributed by atoms with E-state index in [0.717, 1.165) is 29.3 Å². The summed E-state index contributed by atoms with van der Waals surface area (Å²) in [4.78, 5) is 11.2. The lowest BCUT2D eigenvalue weighted by atomic mass is 9.64. The van der Waals surface area contributed by atoms with Gasteiger partial charge in [-0.2, -0.15) is 0 Å². The molecule has 0 bridgehead atoms. The molecule has 2 nitrogen and oxygen atoms in total. The molecule has 14 heavy (non-hydrogen) atoms. The molecule has 0 spiro atoms. The standard InChI is InChI=1S/C11H11BrO2/c12-9-4-1-3-8(7-9)11(10(13)14)5-2-6-11/h1,3-4,7H,2,5-6H2,(H,13,14). The maximum absolute atomic E-state index is 11.2. The van der Waals surface area contributed by atoms with E-state index in [1.165, 1.54) is 0 Å². The summed E-state index contributed by atoms with van der Waals surface area (Å²) in [5.74, 6) is -0.693. The Balaban J connectivity index is 2.42. The minimum atomic E-state index is -0.693. The molecule has 0 aromatic heterocycles. The third-order valence-electron chi connectivity index (χ3n) is 2.99. The monoisotopic (exact) mass is 254 g/mol. The number of aliphatic carboxylic acids is 1. The Labute approximate surface area is 91.1 Å². The molecule has 0 radical (unpaired) electrons. The molecule has 1 aromatic rings. The lowest BCUT2D eigenvalue weighted by Crippen LogP contribution is -2.42. The van der Waals surface area contributed by atoms with Crippen molar-refractivity contribution in [3.63, 3.8) is 0 Å². The minimum absolute atomic E-state index is 0.607. The largest absolute Gasteiger partial charge is 0.481 e. The van der Waals surface area contributed by atoms with Gasteiger partial charge in [-0.15, -0.1) is 0 Å². The first-order valence-corrected chi connectivity index (χ1v) is 5.44. The van der Waals surface area contributed by atoms with E-state index >= 15 is 0 Å². The molecule has 0 saturated heterocycles. The fourth-order valence-corrected chi connectivity index (χ4v) is 2.34. The van der Waals surface area contributed by atoms with E-state index in [1.54, 1.807) is 0 Å². The van der Waals surface area contributed by atoms with Crippen LogP contribution in [0.3, 0.4) is 0 Å². The van der Waals surface area contributed by atoms with Gasteiger partial charge in [-0.3, -0.25) is 4.79 Å². The lowest BCUT2D eigenvalue weighted by Gasteiger charge is -2.38. The van der Waals surface area contributed by atoms with E-state index in [2.05, 4.69) is 15.9 Å². The molecule has 1 N–H and O–H groups in total. The highest BCUT2D eigenvalue weighted by Crippen LogP contribution is 2.44. The average Bonchev–Trinajstić information content (AvgIpc) is 2.00. The zero-order chi connectivity index (χ0) is 10.2. The lowest BCUT2D eigenvalue weighted by molar-refractivity contribution is -0.147. The van der Waals surface area contributed by atoms with Crippen molar-refractivity contribution in [3.05, 3.63) is 34.3 Å². The second kappa shape index (κ2) is 3.39. The van der Waals surface area contributed by atoms with Gasteiger partial charge in [0.1, 0.15) is 0 Å². The first-order chi connectivity index (χ1) is 6.65. The molecule has 1 aliphatic rings. The summed E-state index contributed by atoms with van der Waals surface area (Å²) in [6.45, 7) is 0. The van der Waals surface area contributed by atoms with E-state index in [0.29, 0.717) is 0 Å². The van der Waals surface area contributed by atoms with E-state index in [4.69, 9.17) is 0 Å². The molecule has 0 heterocycles. The van der Waals surface area contributed by atoms with E-state index < -0.39 is 11.4 Å². The summed E-state index contributed by atoms with van der Waals surface area (Å²) < 4.78 is 0.947. The maximum atomic E-state index is 11.2. The van der Waals surface area contributed by atoms with Crippen LogP contribution in [-0.4, -0.2) is 11.1 Å². The molecule has 1 saturated carbocycles. The smallest absolute Gasteiger partial charge is 0.314 e. The minimum Gasteiger partial charge on any atom is -0.481 e. The first kappa shape index (κ1) is 9.71.